The lowest BCUT2D eigenvalue weighted by Gasteiger charge is -2.07. The Hall–Kier alpha value is -1.03. The molecule has 1 heterocycles. The van der Waals surface area contributed by atoms with Crippen LogP contribution in [0, 0.1) is 0 Å². The Labute approximate surface area is 99.3 Å². The van der Waals surface area contributed by atoms with E-state index in [2.05, 4.69) is 4.98 Å². The van der Waals surface area contributed by atoms with Crippen molar-refractivity contribution in [2.45, 2.75) is 46.1 Å². The molecule has 1 aromatic rings. The Morgan fingerprint density at radius 2 is 1.94 bits per heavy atom. The van der Waals surface area contributed by atoms with E-state index in [1.165, 1.54) is 4.57 Å². The van der Waals surface area contributed by atoms with E-state index in [9.17, 15) is 9.59 Å². The van der Waals surface area contributed by atoms with Gasteiger partial charge in [0.25, 0.3) is 5.56 Å². The number of halogens is 1. The maximum absolute atomic E-state index is 12.0. The highest BCUT2D eigenvalue weighted by atomic mass is 35.5. The van der Waals surface area contributed by atoms with Crippen LogP contribution in [0.4, 0.5) is 0 Å². The summed E-state index contributed by atoms with van der Waals surface area (Å²) in [5, 5.41) is 0.185. The van der Waals surface area contributed by atoms with Crippen molar-refractivity contribution in [3.63, 3.8) is 0 Å². The molecule has 90 valence electrons. The number of unbranched alkanes of at least 4 members (excludes halogenated alkanes) is 1. The average molecular weight is 245 g/mol. The fraction of sp³-hybridized carbons (Fsp3) is 0.636. The molecule has 1 rings (SSSR count). The molecule has 4 nitrogen and oxygen atoms in total. The van der Waals surface area contributed by atoms with Crippen LogP contribution in [-0.2, 0) is 13.0 Å². The minimum absolute atomic E-state index is 0.185. The molecular weight excluding hydrogens is 228 g/mol. The second-order valence-electron chi connectivity index (χ2n) is 3.78. The first-order chi connectivity index (χ1) is 7.61. The van der Waals surface area contributed by atoms with E-state index < -0.39 is 5.69 Å². The molecule has 0 aliphatic heterocycles. The third kappa shape index (κ3) is 2.76. The molecule has 5 heteroatoms. The van der Waals surface area contributed by atoms with Gasteiger partial charge in [0.2, 0.25) is 0 Å². The van der Waals surface area contributed by atoms with Crippen molar-refractivity contribution in [2.75, 3.05) is 0 Å². The van der Waals surface area contributed by atoms with E-state index in [0.717, 1.165) is 19.3 Å². The van der Waals surface area contributed by atoms with Crippen molar-refractivity contribution in [3.8, 4) is 0 Å². The van der Waals surface area contributed by atoms with Crippen LogP contribution in [0.3, 0.4) is 0 Å². The summed E-state index contributed by atoms with van der Waals surface area (Å²) in [5.74, 6) is 0. The molecule has 0 aliphatic carbocycles. The molecule has 0 amide bonds. The van der Waals surface area contributed by atoms with E-state index in [1.54, 1.807) is 0 Å². The molecule has 0 aliphatic rings. The molecule has 0 fully saturated rings. The first kappa shape index (κ1) is 13.0. The molecule has 1 N–H and O–H groups in total. The summed E-state index contributed by atoms with van der Waals surface area (Å²) in [6.07, 6.45) is 3.18. The number of nitrogens with zero attached hydrogens (tertiary/aromatic N) is 1. The van der Waals surface area contributed by atoms with Gasteiger partial charge >= 0.3 is 5.69 Å². The summed E-state index contributed by atoms with van der Waals surface area (Å²) >= 11 is 5.85. The maximum Gasteiger partial charge on any atom is 0.329 e. The van der Waals surface area contributed by atoms with E-state index in [0.29, 0.717) is 18.5 Å². The third-order valence-corrected chi connectivity index (χ3v) is 2.79. The minimum atomic E-state index is -0.414. The highest BCUT2D eigenvalue weighted by molar-refractivity contribution is 6.30. The van der Waals surface area contributed by atoms with Crippen molar-refractivity contribution in [1.29, 1.82) is 0 Å². The molecule has 16 heavy (non-hydrogen) atoms. The predicted molar refractivity (Wildman–Crippen MR) is 65.2 cm³/mol. The summed E-state index contributed by atoms with van der Waals surface area (Å²) in [4.78, 5) is 26.0. The Morgan fingerprint density at radius 1 is 1.25 bits per heavy atom. The van der Waals surface area contributed by atoms with Crippen LogP contribution in [0.2, 0.25) is 5.15 Å². The number of nitrogens with one attached hydrogen (secondary N) is 1. The van der Waals surface area contributed by atoms with Crippen LogP contribution < -0.4 is 11.2 Å². The van der Waals surface area contributed by atoms with Gasteiger partial charge in [0.05, 0.1) is 5.56 Å². The first-order valence-electron chi connectivity index (χ1n) is 5.63. The number of aromatic amines is 1. The smallest absolute Gasteiger partial charge is 0.297 e. The van der Waals surface area contributed by atoms with Crippen molar-refractivity contribution in [2.24, 2.45) is 0 Å². The van der Waals surface area contributed by atoms with Crippen LogP contribution >= 0.6 is 11.6 Å². The second-order valence-corrected chi connectivity index (χ2v) is 4.16. The monoisotopic (exact) mass is 244 g/mol. The van der Waals surface area contributed by atoms with Crippen LogP contribution in [0.15, 0.2) is 9.59 Å². The molecule has 0 bridgehead atoms. The van der Waals surface area contributed by atoms with Gasteiger partial charge in [0.1, 0.15) is 5.15 Å². The lowest BCUT2D eigenvalue weighted by molar-refractivity contribution is 0.576. The number of aromatic nitrogens is 2. The summed E-state index contributed by atoms with van der Waals surface area (Å²) < 4.78 is 1.24. The highest BCUT2D eigenvalue weighted by Gasteiger charge is 2.11. The fourth-order valence-electron chi connectivity index (χ4n) is 1.57. The Balaban J connectivity index is 3.22. The molecule has 0 radical (unpaired) electrons. The van der Waals surface area contributed by atoms with Gasteiger partial charge in [-0.3, -0.25) is 14.3 Å². The second kappa shape index (κ2) is 5.89. The molecule has 0 saturated carbocycles. The molecule has 0 spiro atoms. The normalized spacial score (nSPS) is 10.7. The highest BCUT2D eigenvalue weighted by Crippen LogP contribution is 2.08. The quantitative estimate of drug-likeness (QED) is 0.805. The third-order valence-electron chi connectivity index (χ3n) is 2.47. The van der Waals surface area contributed by atoms with Crippen molar-refractivity contribution in [1.82, 2.24) is 9.55 Å². The van der Waals surface area contributed by atoms with Crippen LogP contribution in [0.1, 0.15) is 38.7 Å². The molecule has 1 aromatic heterocycles. The maximum atomic E-state index is 12.0. The van der Waals surface area contributed by atoms with Gasteiger partial charge in [-0.1, -0.05) is 38.3 Å². The minimum Gasteiger partial charge on any atom is -0.297 e. The topological polar surface area (TPSA) is 54.9 Å². The van der Waals surface area contributed by atoms with E-state index in [1.807, 2.05) is 13.8 Å². The van der Waals surface area contributed by atoms with Crippen molar-refractivity contribution < 1.29 is 0 Å². The largest absolute Gasteiger partial charge is 0.329 e. The van der Waals surface area contributed by atoms with Gasteiger partial charge in [-0.15, -0.1) is 0 Å². The zero-order valence-corrected chi connectivity index (χ0v) is 10.4. The van der Waals surface area contributed by atoms with Crippen LogP contribution in [0.25, 0.3) is 0 Å². The molecular formula is C11H17ClN2O2. The van der Waals surface area contributed by atoms with Gasteiger partial charge in [-0.2, -0.15) is 0 Å². The number of hydrogen-bond acceptors (Lipinski definition) is 2. The van der Waals surface area contributed by atoms with E-state index >= 15 is 0 Å². The standard InChI is InChI=1S/C11H17ClN2O2/c1-3-5-7-14-10(15)8(6-4-2)9(12)13-11(14)16/h3-7H2,1-2H3,(H,13,16). The molecule has 0 saturated heterocycles. The zero-order valence-electron chi connectivity index (χ0n) is 9.68. The summed E-state index contributed by atoms with van der Waals surface area (Å²) in [6, 6.07) is 0. The lowest BCUT2D eigenvalue weighted by atomic mass is 10.2. The molecule has 0 unspecified atom stereocenters. The van der Waals surface area contributed by atoms with Gasteiger partial charge in [0, 0.05) is 6.54 Å². The number of rotatable bonds is 5. The average Bonchev–Trinajstić information content (AvgIpc) is 2.24. The van der Waals surface area contributed by atoms with Gasteiger partial charge < -0.3 is 0 Å². The van der Waals surface area contributed by atoms with Crippen molar-refractivity contribution >= 4 is 11.6 Å². The molecule has 0 atom stereocenters. The Morgan fingerprint density at radius 3 is 2.50 bits per heavy atom. The van der Waals surface area contributed by atoms with Gasteiger partial charge in [-0.25, -0.2) is 4.79 Å². The summed E-state index contributed by atoms with van der Waals surface area (Å²) in [5.41, 5.74) is -0.146. The van der Waals surface area contributed by atoms with Crippen molar-refractivity contribution in [3.05, 3.63) is 31.6 Å². The Kier molecular flexibility index (Phi) is 4.80. The van der Waals surface area contributed by atoms with Gasteiger partial charge in [-0.05, 0) is 12.8 Å². The predicted octanol–water partition coefficient (Wildman–Crippen LogP) is 1.94. The van der Waals surface area contributed by atoms with Crippen LogP contribution in [-0.4, -0.2) is 9.55 Å². The molecule has 0 aromatic carbocycles. The zero-order chi connectivity index (χ0) is 12.1. The van der Waals surface area contributed by atoms with Gasteiger partial charge in [0.15, 0.2) is 0 Å². The SMILES string of the molecule is CCCCn1c(=O)[nH]c(Cl)c(CCC)c1=O. The fourth-order valence-corrected chi connectivity index (χ4v) is 1.83. The summed E-state index contributed by atoms with van der Waals surface area (Å²) in [7, 11) is 0. The number of H-pyrrole nitrogens is 1. The first-order valence-corrected chi connectivity index (χ1v) is 6.01. The lowest BCUT2D eigenvalue weighted by Crippen LogP contribution is -2.37. The van der Waals surface area contributed by atoms with Crippen LogP contribution in [0.5, 0.6) is 0 Å². The summed E-state index contributed by atoms with van der Waals surface area (Å²) in [6.45, 7) is 4.44. The van der Waals surface area contributed by atoms with E-state index in [4.69, 9.17) is 11.6 Å². The Bertz CT molecular complexity index is 462. The number of hydrogen-bond donors (Lipinski definition) is 1. The van der Waals surface area contributed by atoms with E-state index in [-0.39, 0.29) is 10.7 Å².